The molecule has 1 aliphatic rings. The van der Waals surface area contributed by atoms with Crippen LogP contribution in [0, 0.1) is 0 Å². The molecule has 0 radical (unpaired) electrons. The smallest absolute Gasteiger partial charge is 0.408 e. The molecule has 0 bridgehead atoms. The van der Waals surface area contributed by atoms with E-state index in [2.05, 4.69) is 31.2 Å². The second kappa shape index (κ2) is 5.39. The van der Waals surface area contributed by atoms with E-state index in [1.807, 2.05) is 0 Å². The molecule has 1 amide bonds. The van der Waals surface area contributed by atoms with Crippen molar-refractivity contribution in [3.8, 4) is 0 Å². The van der Waals surface area contributed by atoms with Crippen LogP contribution in [0.15, 0.2) is 17.0 Å². The molecule has 1 aromatic heterocycles. The number of carboxylic acids is 1. The molecular formula is C10H11BrN4O4. The zero-order chi connectivity index (χ0) is 14.0. The van der Waals surface area contributed by atoms with Gasteiger partial charge in [-0.2, -0.15) is 0 Å². The van der Waals surface area contributed by atoms with E-state index < -0.39 is 18.1 Å². The molecule has 1 aromatic rings. The molecule has 19 heavy (non-hydrogen) atoms. The molecule has 0 saturated carbocycles. The quantitative estimate of drug-likeness (QED) is 0.752. The van der Waals surface area contributed by atoms with Crippen molar-refractivity contribution in [1.29, 1.82) is 0 Å². The summed E-state index contributed by atoms with van der Waals surface area (Å²) in [6, 6.07) is -1.34. The number of rotatable bonds is 3. The third-order valence-corrected chi connectivity index (χ3v) is 3.17. The van der Waals surface area contributed by atoms with Gasteiger partial charge in [-0.3, -0.25) is 9.88 Å². The van der Waals surface area contributed by atoms with Crippen molar-refractivity contribution in [1.82, 2.24) is 14.9 Å². The maximum Gasteiger partial charge on any atom is 0.408 e. The molecule has 0 spiro atoms. The third kappa shape index (κ3) is 3.11. The molecule has 1 saturated heterocycles. The summed E-state index contributed by atoms with van der Waals surface area (Å²) in [5, 5.41) is 20.9. The summed E-state index contributed by atoms with van der Waals surface area (Å²) in [7, 11) is 0. The van der Waals surface area contributed by atoms with Crippen LogP contribution in [0.2, 0.25) is 0 Å². The molecule has 9 heteroatoms. The number of carboxylic acid groups (broad SMARTS) is 2. The van der Waals surface area contributed by atoms with E-state index >= 15 is 0 Å². The first-order valence-electron chi connectivity index (χ1n) is 5.44. The fourth-order valence-electron chi connectivity index (χ4n) is 2.01. The number of aromatic nitrogens is 2. The highest BCUT2D eigenvalue weighted by Crippen LogP contribution is 2.21. The van der Waals surface area contributed by atoms with Crippen LogP contribution in [0.5, 0.6) is 0 Å². The third-order valence-electron chi connectivity index (χ3n) is 2.79. The number of hydrogen-bond donors (Lipinski definition) is 3. The largest absolute Gasteiger partial charge is 0.480 e. The predicted molar refractivity (Wildman–Crippen MR) is 67.9 cm³/mol. The fourth-order valence-corrected chi connectivity index (χ4v) is 2.32. The summed E-state index contributed by atoms with van der Waals surface area (Å²) < 4.78 is 0.542. The van der Waals surface area contributed by atoms with Gasteiger partial charge in [0.1, 0.15) is 16.5 Å². The lowest BCUT2D eigenvalue weighted by molar-refractivity contribution is -0.141. The molecule has 102 valence electrons. The van der Waals surface area contributed by atoms with Crippen molar-refractivity contribution in [3.63, 3.8) is 0 Å². The summed E-state index contributed by atoms with van der Waals surface area (Å²) in [4.78, 5) is 30.9. The number of nitrogens with zero attached hydrogens (tertiary/aromatic N) is 3. The minimum atomic E-state index is -1.24. The topological polar surface area (TPSA) is 116 Å². The van der Waals surface area contributed by atoms with Crippen molar-refractivity contribution < 1.29 is 19.8 Å². The van der Waals surface area contributed by atoms with Crippen molar-refractivity contribution >= 4 is 33.8 Å². The van der Waals surface area contributed by atoms with Crippen LogP contribution >= 0.6 is 15.9 Å². The average Bonchev–Trinajstić information content (AvgIpc) is 2.73. The Kier molecular flexibility index (Phi) is 3.84. The second-order valence-electron chi connectivity index (χ2n) is 4.09. The average molecular weight is 331 g/mol. The second-order valence-corrected chi connectivity index (χ2v) is 4.91. The SMILES string of the molecule is O=C(O)[C@@H]1C[C@H](Nc2cncc(Br)n2)CN1C(=O)O. The Labute approximate surface area is 116 Å². The highest BCUT2D eigenvalue weighted by atomic mass is 79.9. The van der Waals surface area contributed by atoms with Crippen molar-refractivity contribution in [2.75, 3.05) is 11.9 Å². The number of amides is 1. The van der Waals surface area contributed by atoms with E-state index in [0.717, 1.165) is 4.90 Å². The normalized spacial score (nSPS) is 22.3. The molecule has 2 atom stereocenters. The van der Waals surface area contributed by atoms with Gasteiger partial charge < -0.3 is 15.5 Å². The molecule has 0 aliphatic carbocycles. The Balaban J connectivity index is 2.07. The zero-order valence-corrected chi connectivity index (χ0v) is 11.2. The van der Waals surface area contributed by atoms with E-state index in [1.54, 1.807) is 0 Å². The Bertz CT molecular complexity index is 490. The van der Waals surface area contributed by atoms with Crippen LogP contribution in [0.4, 0.5) is 10.6 Å². The lowest BCUT2D eigenvalue weighted by atomic mass is 10.2. The molecule has 2 rings (SSSR count). The van der Waals surface area contributed by atoms with Crippen molar-refractivity contribution in [2.45, 2.75) is 18.5 Å². The number of carbonyl (C=O) groups is 2. The minimum Gasteiger partial charge on any atom is -0.480 e. The summed E-state index contributed by atoms with van der Waals surface area (Å²) in [6.45, 7) is 0.0977. The summed E-state index contributed by atoms with van der Waals surface area (Å²) >= 11 is 3.17. The van der Waals surface area contributed by atoms with E-state index in [0.29, 0.717) is 10.4 Å². The van der Waals surface area contributed by atoms with Crippen LogP contribution in [0.1, 0.15) is 6.42 Å². The van der Waals surface area contributed by atoms with Gasteiger partial charge in [0, 0.05) is 19.0 Å². The minimum absolute atomic E-state index is 0.0977. The Morgan fingerprint density at radius 3 is 2.68 bits per heavy atom. The number of anilines is 1. The van der Waals surface area contributed by atoms with Crippen LogP contribution in [-0.2, 0) is 4.79 Å². The number of halogens is 1. The van der Waals surface area contributed by atoms with Gasteiger partial charge in [0.2, 0.25) is 0 Å². The van der Waals surface area contributed by atoms with Gasteiger partial charge in [0.05, 0.1) is 12.4 Å². The van der Waals surface area contributed by atoms with E-state index in [4.69, 9.17) is 10.2 Å². The summed E-state index contributed by atoms with van der Waals surface area (Å²) in [5.41, 5.74) is 0. The van der Waals surface area contributed by atoms with Gasteiger partial charge in [-0.05, 0) is 15.9 Å². The molecule has 8 nitrogen and oxygen atoms in total. The fraction of sp³-hybridized carbons (Fsp3) is 0.400. The molecule has 3 N–H and O–H groups in total. The monoisotopic (exact) mass is 330 g/mol. The lowest BCUT2D eigenvalue weighted by Gasteiger charge is -2.16. The summed E-state index contributed by atoms with van der Waals surface area (Å²) in [5.74, 6) is -0.678. The molecular weight excluding hydrogens is 320 g/mol. The van der Waals surface area contributed by atoms with Gasteiger partial charge >= 0.3 is 12.1 Å². The first kappa shape index (κ1) is 13.5. The molecule has 0 aromatic carbocycles. The van der Waals surface area contributed by atoms with Gasteiger partial charge in [-0.15, -0.1) is 0 Å². The Hall–Kier alpha value is -1.90. The van der Waals surface area contributed by atoms with Crippen LogP contribution in [-0.4, -0.2) is 55.8 Å². The molecule has 2 heterocycles. The number of aliphatic carboxylic acids is 1. The predicted octanol–water partition coefficient (Wildman–Crippen LogP) is 0.856. The number of likely N-dealkylation sites (tertiary alicyclic amines) is 1. The van der Waals surface area contributed by atoms with Crippen LogP contribution in [0.25, 0.3) is 0 Å². The zero-order valence-electron chi connectivity index (χ0n) is 9.65. The maximum atomic E-state index is 11.0. The first-order valence-corrected chi connectivity index (χ1v) is 6.23. The number of hydrogen-bond acceptors (Lipinski definition) is 5. The maximum absolute atomic E-state index is 11.0. The van der Waals surface area contributed by atoms with E-state index in [-0.39, 0.29) is 19.0 Å². The van der Waals surface area contributed by atoms with Crippen molar-refractivity contribution in [3.05, 3.63) is 17.0 Å². The molecule has 1 aliphatic heterocycles. The number of nitrogens with one attached hydrogen (secondary N) is 1. The summed E-state index contributed by atoms with van der Waals surface area (Å²) in [6.07, 6.45) is 1.96. The van der Waals surface area contributed by atoms with Gasteiger partial charge in [0.15, 0.2) is 0 Å². The molecule has 0 unspecified atom stereocenters. The first-order chi connectivity index (χ1) is 8.97. The standard InChI is InChI=1S/C10H11BrN4O4/c11-7-2-12-3-8(14-7)13-5-1-6(9(16)17)15(4-5)10(18)19/h2-3,5-6H,1,4H2,(H,13,14)(H,16,17)(H,18,19)/t5-,6-/m0/s1. The Morgan fingerprint density at radius 1 is 1.42 bits per heavy atom. The van der Waals surface area contributed by atoms with Crippen LogP contribution in [0.3, 0.4) is 0 Å². The van der Waals surface area contributed by atoms with Gasteiger partial charge in [-0.1, -0.05) is 0 Å². The van der Waals surface area contributed by atoms with E-state index in [1.165, 1.54) is 12.4 Å². The Morgan fingerprint density at radius 2 is 2.16 bits per heavy atom. The van der Waals surface area contributed by atoms with Crippen LogP contribution < -0.4 is 5.32 Å². The lowest BCUT2D eigenvalue weighted by Crippen LogP contribution is -2.39. The molecule has 1 fully saturated rings. The highest BCUT2D eigenvalue weighted by Gasteiger charge is 2.39. The van der Waals surface area contributed by atoms with Gasteiger partial charge in [0.25, 0.3) is 0 Å². The van der Waals surface area contributed by atoms with E-state index in [9.17, 15) is 9.59 Å². The highest BCUT2D eigenvalue weighted by molar-refractivity contribution is 9.10. The van der Waals surface area contributed by atoms with Crippen molar-refractivity contribution in [2.24, 2.45) is 0 Å². The van der Waals surface area contributed by atoms with Gasteiger partial charge in [-0.25, -0.2) is 14.6 Å².